The summed E-state index contributed by atoms with van der Waals surface area (Å²) in [4.78, 5) is 47.7. The van der Waals surface area contributed by atoms with E-state index in [1.807, 2.05) is 0 Å². The molecule has 2 aliphatic heterocycles. The Morgan fingerprint density at radius 3 is 1.58 bits per heavy atom. The van der Waals surface area contributed by atoms with E-state index in [4.69, 9.17) is 16.4 Å². The van der Waals surface area contributed by atoms with Crippen LogP contribution < -0.4 is 5.73 Å². The number of carbonyl (C=O) groups is 4. The number of nitrogen functional groups attached to an aromatic ring is 1. The first-order chi connectivity index (χ1) is 14.4. The summed E-state index contributed by atoms with van der Waals surface area (Å²) in [7, 11) is 8.24. The third-order valence-corrected chi connectivity index (χ3v) is 5.81. The van der Waals surface area contributed by atoms with Gasteiger partial charge in [0.2, 0.25) is 0 Å². The zero-order valence-corrected chi connectivity index (χ0v) is 19.1. The fourth-order valence-electron chi connectivity index (χ4n) is 2.87. The summed E-state index contributed by atoms with van der Waals surface area (Å²) in [6, 6.07) is 8.32. The first-order valence-corrected chi connectivity index (χ1v) is 11.8. The molecule has 0 aliphatic carbocycles. The van der Waals surface area contributed by atoms with Gasteiger partial charge in [0, 0.05) is 30.5 Å². The number of imide groups is 2. The van der Waals surface area contributed by atoms with Crippen LogP contribution in [0.2, 0.25) is 0 Å². The average Bonchev–Trinajstić information content (AvgIpc) is 3.09. The van der Waals surface area contributed by atoms with E-state index in [0.717, 1.165) is 15.9 Å². The summed E-state index contributed by atoms with van der Waals surface area (Å²) in [6.07, 6.45) is 0. The maximum absolute atomic E-state index is 11.6. The summed E-state index contributed by atoms with van der Waals surface area (Å²) in [5.74, 6) is -1.52. The van der Waals surface area contributed by atoms with Crippen molar-refractivity contribution in [1.82, 2.24) is 9.80 Å². The number of anilines is 1. The molecule has 4 amide bonds. The molecule has 31 heavy (non-hydrogen) atoms. The first kappa shape index (κ1) is 24.8. The van der Waals surface area contributed by atoms with Crippen molar-refractivity contribution < 1.29 is 42.7 Å². The summed E-state index contributed by atoms with van der Waals surface area (Å²) < 4.78 is 22.1. The van der Waals surface area contributed by atoms with E-state index in [9.17, 15) is 27.6 Å². The van der Waals surface area contributed by atoms with E-state index < -0.39 is 20.9 Å². The van der Waals surface area contributed by atoms with Gasteiger partial charge in [-0.3, -0.25) is 29.0 Å². The molecule has 2 aliphatic rings. The van der Waals surface area contributed by atoms with Crippen LogP contribution in [0.4, 0.5) is 5.69 Å². The number of nitrogens with zero attached hydrogens (tertiary/aromatic N) is 2. The quantitative estimate of drug-likeness (QED) is 0.256. The molecule has 2 aromatic rings. The van der Waals surface area contributed by atoms with Crippen molar-refractivity contribution in [1.29, 1.82) is 0 Å². The van der Waals surface area contributed by atoms with Gasteiger partial charge in [0.25, 0.3) is 32.7 Å². The van der Waals surface area contributed by atoms with Crippen molar-refractivity contribution in [2.24, 2.45) is 0 Å². The van der Waals surface area contributed by atoms with Crippen molar-refractivity contribution in [2.75, 3.05) is 19.8 Å². The average molecular weight is 535 g/mol. The Bertz CT molecular complexity index is 1220. The number of fused-ring (bicyclic) bond motifs is 2. The molecule has 0 atom stereocenters. The summed E-state index contributed by atoms with van der Waals surface area (Å²) in [5, 5.41) is 0. The van der Waals surface area contributed by atoms with E-state index >= 15 is 0 Å². The summed E-state index contributed by atoms with van der Waals surface area (Å²) >= 11 is 3.66. The summed E-state index contributed by atoms with van der Waals surface area (Å²) in [6.45, 7) is 0. The second-order valence-corrected chi connectivity index (χ2v) is 8.85. The van der Waals surface area contributed by atoms with E-state index in [-0.39, 0.29) is 27.8 Å². The van der Waals surface area contributed by atoms with E-state index in [1.54, 1.807) is 12.1 Å². The number of benzene rings is 2. The van der Waals surface area contributed by atoms with Gasteiger partial charge in [0.15, 0.2) is 0 Å². The van der Waals surface area contributed by atoms with Gasteiger partial charge in [-0.15, -0.1) is 0 Å². The van der Waals surface area contributed by atoms with Gasteiger partial charge in [-0.25, -0.2) is 8.42 Å². The third-order valence-electron chi connectivity index (χ3n) is 4.46. The number of hydrogen-bond donors (Lipinski definition) is 1. The zero-order chi connectivity index (χ0) is 23.7. The van der Waals surface area contributed by atoms with Crippen LogP contribution in [0.1, 0.15) is 41.4 Å². The number of rotatable bonds is 1. The molecule has 2 aromatic carbocycles. The Kier molecular flexibility index (Phi) is 7.51. The van der Waals surface area contributed by atoms with Crippen LogP contribution in [0.25, 0.3) is 0 Å². The first-order valence-electron chi connectivity index (χ1n) is 8.18. The third kappa shape index (κ3) is 4.75. The Morgan fingerprint density at radius 1 is 0.742 bits per heavy atom. The molecule has 0 saturated carbocycles. The number of halogens is 2. The van der Waals surface area contributed by atoms with Crippen molar-refractivity contribution in [3.05, 3.63) is 58.7 Å². The monoisotopic (exact) mass is 533 g/mol. The molecule has 0 radical (unpaired) electrons. The van der Waals surface area contributed by atoms with Crippen molar-refractivity contribution in [3.8, 4) is 0 Å². The maximum atomic E-state index is 11.6. The van der Waals surface area contributed by atoms with Crippen LogP contribution >= 0.6 is 20.8 Å². The van der Waals surface area contributed by atoms with Crippen LogP contribution in [0.15, 0.2) is 41.3 Å². The standard InChI is InChI=1S/C9H6ClNO4S.C9H8N2O2.ClH.Cu/c1-11-8(12)6-3-2-5(16(10,14)15)4-7(6)9(11)13;1-11-8(12)6-3-2-5(10)4-7(6)9(11)13;;/h2-4H,1H3;2-4H,10H2,1H3;1H;/q;;;+1/p-1. The SMILES string of the molecule is CN1C(=O)c2ccc(N)cc2C1=O.CN1C(=O)c2ccc(S(=O)(=O)Cl)cc2C1=O.[Cl][Cu]. The number of nitrogens with two attached hydrogens (primary N) is 1. The van der Waals surface area contributed by atoms with Crippen molar-refractivity contribution in [2.45, 2.75) is 4.90 Å². The van der Waals surface area contributed by atoms with Gasteiger partial charge in [0.05, 0.1) is 27.1 Å². The van der Waals surface area contributed by atoms with Crippen molar-refractivity contribution >= 4 is 59.1 Å². The number of hydrogen-bond acceptors (Lipinski definition) is 7. The van der Waals surface area contributed by atoms with Gasteiger partial charge >= 0.3 is 25.2 Å². The van der Waals surface area contributed by atoms with Gasteiger partial charge in [-0.1, -0.05) is 0 Å². The predicted molar refractivity (Wildman–Crippen MR) is 109 cm³/mol. The Balaban J connectivity index is 0.000000208. The van der Waals surface area contributed by atoms with Gasteiger partial charge in [0.1, 0.15) is 0 Å². The molecule has 0 aromatic heterocycles. The molecular formula is C18H14Cl2CuN3O6S. The fourth-order valence-corrected chi connectivity index (χ4v) is 3.65. The Labute approximate surface area is 194 Å². The molecule has 168 valence electrons. The Morgan fingerprint density at radius 2 is 1.13 bits per heavy atom. The number of carbonyl (C=O) groups excluding carboxylic acids is 4. The minimum atomic E-state index is -3.89. The second-order valence-electron chi connectivity index (χ2n) is 6.29. The molecule has 2 heterocycles. The molecule has 0 fully saturated rings. The summed E-state index contributed by atoms with van der Waals surface area (Å²) in [5.41, 5.74) is 7.08. The molecule has 0 unspecified atom stereocenters. The van der Waals surface area contributed by atoms with Gasteiger partial charge in [-0.05, 0) is 36.4 Å². The number of amides is 4. The fraction of sp³-hybridized carbons (Fsp3) is 0.111. The zero-order valence-electron chi connectivity index (χ0n) is 15.9. The van der Waals surface area contributed by atoms with Crippen LogP contribution in [-0.4, -0.2) is 55.9 Å². The molecule has 0 spiro atoms. The van der Waals surface area contributed by atoms with E-state index in [0.29, 0.717) is 16.8 Å². The van der Waals surface area contributed by atoms with Crippen LogP contribution in [-0.2, 0) is 24.2 Å². The molecule has 0 saturated heterocycles. The van der Waals surface area contributed by atoms with Gasteiger partial charge in [-0.2, -0.15) is 0 Å². The van der Waals surface area contributed by atoms with Crippen LogP contribution in [0.3, 0.4) is 0 Å². The molecule has 4 rings (SSSR count). The molecular weight excluding hydrogens is 521 g/mol. The molecule has 2 N–H and O–H groups in total. The topological polar surface area (TPSA) is 135 Å². The van der Waals surface area contributed by atoms with Crippen LogP contribution in [0.5, 0.6) is 0 Å². The molecule has 0 bridgehead atoms. The van der Waals surface area contributed by atoms with Gasteiger partial charge < -0.3 is 5.73 Å². The molecule has 9 nitrogen and oxygen atoms in total. The van der Waals surface area contributed by atoms with E-state index in [1.165, 1.54) is 32.3 Å². The van der Waals surface area contributed by atoms with E-state index in [2.05, 4.69) is 25.2 Å². The second kappa shape index (κ2) is 9.37. The van der Waals surface area contributed by atoms with Crippen LogP contribution in [0, 0.1) is 0 Å². The normalized spacial score (nSPS) is 14.5. The predicted octanol–water partition coefficient (Wildman–Crippen LogP) is 2.02. The molecule has 13 heteroatoms. The van der Waals surface area contributed by atoms with Crippen molar-refractivity contribution in [3.63, 3.8) is 0 Å². The Hall–Kier alpha value is -2.43. The minimum absolute atomic E-state index is 0.0641.